The molecule has 3 rings (SSSR count). The minimum atomic E-state index is -3.87. The van der Waals surface area contributed by atoms with Crippen molar-refractivity contribution in [2.45, 2.75) is 38.0 Å². The van der Waals surface area contributed by atoms with Gasteiger partial charge in [-0.15, -0.1) is 11.3 Å². The fourth-order valence-corrected chi connectivity index (χ4v) is 5.65. The van der Waals surface area contributed by atoms with Crippen LogP contribution in [-0.2, 0) is 15.4 Å². The van der Waals surface area contributed by atoms with E-state index in [-0.39, 0.29) is 48.1 Å². The van der Waals surface area contributed by atoms with E-state index in [4.69, 9.17) is 0 Å². The van der Waals surface area contributed by atoms with Gasteiger partial charge < -0.3 is 4.90 Å². The number of non-ortho nitro benzene ring substituents is 1. The lowest BCUT2D eigenvalue weighted by atomic mass is 9.98. The number of rotatable bonds is 4. The van der Waals surface area contributed by atoms with E-state index in [1.165, 1.54) is 33.8 Å². The molecule has 1 aromatic heterocycles. The van der Waals surface area contributed by atoms with Gasteiger partial charge in [0.25, 0.3) is 11.6 Å². The highest BCUT2D eigenvalue weighted by atomic mass is 32.2. The minimum absolute atomic E-state index is 0.121. The van der Waals surface area contributed by atoms with Crippen LogP contribution in [0.15, 0.2) is 29.2 Å². The number of carbonyl (C=O) groups is 1. The van der Waals surface area contributed by atoms with E-state index < -0.39 is 14.9 Å². The molecule has 1 aliphatic heterocycles. The van der Waals surface area contributed by atoms with E-state index in [1.54, 1.807) is 4.90 Å². The first-order chi connectivity index (χ1) is 13.9. The third kappa shape index (κ3) is 4.37. The summed E-state index contributed by atoms with van der Waals surface area (Å²) in [4.78, 5) is 29.9. The zero-order valence-corrected chi connectivity index (χ0v) is 18.9. The molecule has 0 atom stereocenters. The number of nitro benzene ring substituents is 1. The van der Waals surface area contributed by atoms with Crippen LogP contribution in [0.25, 0.3) is 0 Å². The van der Waals surface area contributed by atoms with Gasteiger partial charge in [-0.2, -0.15) is 4.31 Å². The van der Waals surface area contributed by atoms with Gasteiger partial charge in [0.2, 0.25) is 10.0 Å². The van der Waals surface area contributed by atoms with E-state index in [2.05, 4.69) is 4.98 Å². The summed E-state index contributed by atoms with van der Waals surface area (Å²) >= 11 is 1.38. The number of carbonyl (C=O) groups excluding carboxylic acids is 1. The van der Waals surface area contributed by atoms with Gasteiger partial charge in [0.15, 0.2) is 0 Å². The Bertz CT molecular complexity index is 1080. The Morgan fingerprint density at radius 1 is 1.20 bits per heavy atom. The Morgan fingerprint density at radius 2 is 1.83 bits per heavy atom. The highest BCUT2D eigenvalue weighted by molar-refractivity contribution is 7.89. The van der Waals surface area contributed by atoms with Crippen molar-refractivity contribution in [2.24, 2.45) is 0 Å². The number of aromatic nitrogens is 1. The number of nitrogens with zero attached hydrogens (tertiary/aromatic N) is 4. The number of amides is 1. The molecule has 11 heteroatoms. The lowest BCUT2D eigenvalue weighted by molar-refractivity contribution is -0.385. The van der Waals surface area contributed by atoms with Crippen LogP contribution in [0.5, 0.6) is 0 Å². The van der Waals surface area contributed by atoms with Crippen molar-refractivity contribution in [1.29, 1.82) is 0 Å². The first kappa shape index (κ1) is 22.3. The Morgan fingerprint density at radius 3 is 2.37 bits per heavy atom. The highest BCUT2D eigenvalue weighted by Crippen LogP contribution is 2.30. The van der Waals surface area contributed by atoms with Gasteiger partial charge in [0.1, 0.15) is 4.88 Å². The van der Waals surface area contributed by atoms with Gasteiger partial charge in [-0.05, 0) is 13.0 Å². The summed E-state index contributed by atoms with van der Waals surface area (Å²) in [6, 6.07) is 5.00. The third-order valence-corrected chi connectivity index (χ3v) is 8.29. The number of piperazine rings is 1. The van der Waals surface area contributed by atoms with Crippen molar-refractivity contribution in [3.63, 3.8) is 0 Å². The molecule has 9 nitrogen and oxygen atoms in total. The Balaban J connectivity index is 1.73. The topological polar surface area (TPSA) is 114 Å². The average molecular weight is 453 g/mol. The van der Waals surface area contributed by atoms with Gasteiger partial charge >= 0.3 is 0 Å². The zero-order valence-electron chi connectivity index (χ0n) is 17.3. The standard InChI is InChI=1S/C19H24N4O5S2/c1-13-16(29-18(20-13)19(2,3)4)17(24)21-8-10-22(11-9-21)30(27,28)15-7-5-6-14(12-15)23(25)26/h5-7,12H,8-11H2,1-4H3. The molecule has 2 aromatic rings. The molecule has 0 N–H and O–H groups in total. The fourth-order valence-electron chi connectivity index (χ4n) is 3.10. The number of hydrogen-bond donors (Lipinski definition) is 0. The molecule has 0 bridgehead atoms. The first-order valence-corrected chi connectivity index (χ1v) is 11.7. The highest BCUT2D eigenvalue weighted by Gasteiger charge is 2.33. The summed E-state index contributed by atoms with van der Waals surface area (Å²) in [5, 5.41) is 11.8. The lowest BCUT2D eigenvalue weighted by Gasteiger charge is -2.33. The largest absolute Gasteiger partial charge is 0.335 e. The molecule has 0 spiro atoms. The summed E-state index contributed by atoms with van der Waals surface area (Å²) < 4.78 is 27.0. The van der Waals surface area contributed by atoms with E-state index in [9.17, 15) is 23.3 Å². The summed E-state index contributed by atoms with van der Waals surface area (Å²) in [5.41, 5.74) is 0.251. The van der Waals surface area contributed by atoms with Crippen LogP contribution in [0, 0.1) is 17.0 Å². The normalized spacial score (nSPS) is 15.9. The summed E-state index contributed by atoms with van der Waals surface area (Å²) in [6.07, 6.45) is 0. The van der Waals surface area contributed by atoms with Crippen molar-refractivity contribution < 1.29 is 18.1 Å². The summed E-state index contributed by atoms with van der Waals surface area (Å²) in [7, 11) is -3.87. The van der Waals surface area contributed by atoms with Crippen molar-refractivity contribution in [2.75, 3.05) is 26.2 Å². The van der Waals surface area contributed by atoms with Crippen LogP contribution in [0.1, 0.15) is 41.1 Å². The number of nitro groups is 1. The lowest BCUT2D eigenvalue weighted by Crippen LogP contribution is -2.50. The molecule has 1 aromatic carbocycles. The van der Waals surface area contributed by atoms with Gasteiger partial charge in [0.05, 0.1) is 20.5 Å². The van der Waals surface area contributed by atoms with Crippen molar-refractivity contribution in [3.8, 4) is 0 Å². The maximum atomic E-state index is 13.0. The molecule has 0 saturated carbocycles. The van der Waals surface area contributed by atoms with E-state index in [0.29, 0.717) is 10.6 Å². The molecular weight excluding hydrogens is 428 g/mol. The molecule has 2 heterocycles. The number of benzene rings is 1. The second-order valence-electron chi connectivity index (χ2n) is 8.13. The molecule has 30 heavy (non-hydrogen) atoms. The molecule has 1 fully saturated rings. The Hall–Kier alpha value is -2.37. The van der Waals surface area contributed by atoms with Crippen molar-refractivity contribution in [1.82, 2.24) is 14.2 Å². The molecule has 1 amide bonds. The Labute approximate surface area is 179 Å². The number of sulfonamides is 1. The predicted octanol–water partition coefficient (Wildman–Crippen LogP) is 2.80. The maximum absolute atomic E-state index is 13.0. The van der Waals surface area contributed by atoms with Gasteiger partial charge in [-0.1, -0.05) is 26.8 Å². The monoisotopic (exact) mass is 452 g/mol. The number of hydrogen-bond acceptors (Lipinski definition) is 7. The molecule has 1 saturated heterocycles. The molecule has 0 aliphatic carbocycles. The van der Waals surface area contributed by atoms with E-state index in [0.717, 1.165) is 11.1 Å². The third-order valence-electron chi connectivity index (χ3n) is 4.82. The number of thiazole rings is 1. The fraction of sp³-hybridized carbons (Fsp3) is 0.474. The Kier molecular flexibility index (Phi) is 5.99. The predicted molar refractivity (Wildman–Crippen MR) is 113 cm³/mol. The second kappa shape index (κ2) is 8.05. The van der Waals surface area contributed by atoms with Crippen molar-refractivity contribution >= 4 is 33.0 Å². The van der Waals surface area contributed by atoms with E-state index in [1.807, 2.05) is 27.7 Å². The van der Waals surface area contributed by atoms with Gasteiger partial charge in [-0.25, -0.2) is 13.4 Å². The number of aryl methyl sites for hydroxylation is 1. The van der Waals surface area contributed by atoms with Gasteiger partial charge in [-0.3, -0.25) is 14.9 Å². The second-order valence-corrected chi connectivity index (χ2v) is 11.1. The van der Waals surface area contributed by atoms with Crippen LogP contribution >= 0.6 is 11.3 Å². The maximum Gasteiger partial charge on any atom is 0.270 e. The zero-order chi connectivity index (χ0) is 22.3. The van der Waals surface area contributed by atoms with Crippen LogP contribution in [0.4, 0.5) is 5.69 Å². The smallest absolute Gasteiger partial charge is 0.270 e. The SMILES string of the molecule is Cc1nc(C(C)(C)C)sc1C(=O)N1CCN(S(=O)(=O)c2cccc([N+](=O)[O-])c2)CC1. The molecule has 0 unspecified atom stereocenters. The summed E-state index contributed by atoms with van der Waals surface area (Å²) in [6.45, 7) is 8.67. The van der Waals surface area contributed by atoms with Crippen LogP contribution in [0.2, 0.25) is 0 Å². The molecule has 162 valence electrons. The van der Waals surface area contributed by atoms with Crippen LogP contribution in [0.3, 0.4) is 0 Å². The first-order valence-electron chi connectivity index (χ1n) is 9.43. The molecule has 0 radical (unpaired) electrons. The van der Waals surface area contributed by atoms with Crippen molar-refractivity contribution in [3.05, 3.63) is 50.0 Å². The average Bonchev–Trinajstić information content (AvgIpc) is 3.09. The summed E-state index contributed by atoms with van der Waals surface area (Å²) in [5.74, 6) is -0.145. The molecular formula is C19H24N4O5S2. The minimum Gasteiger partial charge on any atom is -0.335 e. The molecule has 1 aliphatic rings. The van der Waals surface area contributed by atoms with E-state index >= 15 is 0 Å². The quantitative estimate of drug-likeness (QED) is 0.521. The van der Waals surface area contributed by atoms with Gasteiger partial charge in [0, 0.05) is 43.7 Å². The van der Waals surface area contributed by atoms with Crippen LogP contribution in [-0.4, -0.2) is 59.6 Å². The van der Waals surface area contributed by atoms with Crippen LogP contribution < -0.4 is 0 Å².